The molecule has 1 aromatic heterocycles. The van der Waals surface area contributed by atoms with Crippen LogP contribution in [0.4, 0.5) is 22.0 Å². The molecule has 0 saturated carbocycles. The molecule has 1 N–H and O–H groups in total. The zero-order chi connectivity index (χ0) is 12.5. The van der Waals surface area contributed by atoms with Crippen LogP contribution in [0.1, 0.15) is 28.0 Å². The molecule has 16 heavy (non-hydrogen) atoms. The van der Waals surface area contributed by atoms with Crippen LogP contribution < -0.4 is 5.43 Å². The van der Waals surface area contributed by atoms with E-state index in [2.05, 4.69) is 0 Å². The number of nitrogens with one attached hydrogen (secondary N) is 1. The molecule has 0 radical (unpaired) electrons. The van der Waals surface area contributed by atoms with Gasteiger partial charge in [0.25, 0.3) is 6.43 Å². The van der Waals surface area contributed by atoms with Crippen LogP contribution in [0.2, 0.25) is 0 Å². The molecule has 3 nitrogen and oxygen atoms in total. The van der Waals surface area contributed by atoms with E-state index in [4.69, 9.17) is 0 Å². The molecule has 88 valence electrons. The maximum absolute atomic E-state index is 12.3. The highest BCUT2D eigenvalue weighted by Crippen LogP contribution is 2.32. The van der Waals surface area contributed by atoms with Crippen LogP contribution in [0.5, 0.6) is 0 Å². The van der Waals surface area contributed by atoms with Gasteiger partial charge in [-0.2, -0.15) is 13.2 Å². The summed E-state index contributed by atoms with van der Waals surface area (Å²) in [6, 6.07) is 0. The second kappa shape index (κ2) is 4.03. The van der Waals surface area contributed by atoms with Gasteiger partial charge in [0.2, 0.25) is 5.43 Å². The molecule has 0 aromatic carbocycles. The van der Waals surface area contributed by atoms with Crippen LogP contribution in [0.3, 0.4) is 0 Å². The number of alkyl halides is 5. The lowest BCUT2D eigenvalue weighted by Crippen LogP contribution is -2.23. The third kappa shape index (κ3) is 2.10. The topological polar surface area (TPSA) is 49.9 Å². The first-order valence-corrected chi connectivity index (χ1v) is 3.85. The van der Waals surface area contributed by atoms with Crippen LogP contribution in [-0.2, 0) is 6.18 Å². The second-order valence-corrected chi connectivity index (χ2v) is 2.78. The van der Waals surface area contributed by atoms with Gasteiger partial charge in [0.15, 0.2) is 6.29 Å². The molecular weight excluding hydrogens is 237 g/mol. The van der Waals surface area contributed by atoms with Gasteiger partial charge in [-0.1, -0.05) is 0 Å². The summed E-state index contributed by atoms with van der Waals surface area (Å²) in [6.07, 6.45) is -8.36. The largest absolute Gasteiger partial charge is 0.431 e. The molecule has 0 amide bonds. The van der Waals surface area contributed by atoms with Crippen molar-refractivity contribution in [1.82, 2.24) is 4.98 Å². The van der Waals surface area contributed by atoms with Crippen LogP contribution >= 0.6 is 0 Å². The van der Waals surface area contributed by atoms with Gasteiger partial charge >= 0.3 is 6.18 Å². The number of H-pyrrole nitrogens is 1. The van der Waals surface area contributed by atoms with Crippen LogP contribution in [-0.4, -0.2) is 11.3 Å². The van der Waals surface area contributed by atoms with Gasteiger partial charge in [0.1, 0.15) is 5.69 Å². The quantitative estimate of drug-likeness (QED) is 0.637. The molecular formula is C8H4F5NO2. The van der Waals surface area contributed by atoms with E-state index in [0.717, 1.165) is 0 Å². The summed E-state index contributed by atoms with van der Waals surface area (Å²) >= 11 is 0. The van der Waals surface area contributed by atoms with Crippen molar-refractivity contribution in [1.29, 1.82) is 0 Å². The molecule has 1 heterocycles. The molecule has 0 bridgehead atoms. The third-order valence-electron chi connectivity index (χ3n) is 1.78. The molecule has 0 aliphatic heterocycles. The van der Waals surface area contributed by atoms with Crippen molar-refractivity contribution in [3.8, 4) is 0 Å². The van der Waals surface area contributed by atoms with E-state index in [0.29, 0.717) is 6.20 Å². The minimum absolute atomic E-state index is 0.0924. The van der Waals surface area contributed by atoms with Gasteiger partial charge in [0, 0.05) is 6.20 Å². The number of pyridine rings is 1. The van der Waals surface area contributed by atoms with Gasteiger partial charge in [0.05, 0.1) is 11.1 Å². The van der Waals surface area contributed by atoms with E-state index in [9.17, 15) is 31.5 Å². The summed E-state index contributed by atoms with van der Waals surface area (Å²) in [7, 11) is 0. The highest BCUT2D eigenvalue weighted by Gasteiger charge is 2.38. The summed E-state index contributed by atoms with van der Waals surface area (Å²) in [4.78, 5) is 22.8. The Morgan fingerprint density at radius 3 is 2.25 bits per heavy atom. The molecule has 1 aromatic rings. The molecule has 0 unspecified atom stereocenters. The lowest BCUT2D eigenvalue weighted by Gasteiger charge is -2.11. The lowest BCUT2D eigenvalue weighted by atomic mass is 10.1. The Hall–Kier alpha value is -1.73. The van der Waals surface area contributed by atoms with Crippen molar-refractivity contribution in [2.75, 3.05) is 0 Å². The van der Waals surface area contributed by atoms with E-state index in [1.165, 1.54) is 4.98 Å². The molecule has 8 heteroatoms. The minimum Gasteiger partial charge on any atom is -0.356 e. The van der Waals surface area contributed by atoms with E-state index in [-0.39, 0.29) is 6.29 Å². The SMILES string of the molecule is O=Cc1c[nH]c(C(F)(F)F)c(C(F)F)c1=O. The lowest BCUT2D eigenvalue weighted by molar-refractivity contribution is -0.143. The predicted octanol–water partition coefficient (Wildman–Crippen LogP) is 2.14. The maximum Gasteiger partial charge on any atom is 0.431 e. The number of halogens is 5. The monoisotopic (exact) mass is 241 g/mol. The highest BCUT2D eigenvalue weighted by atomic mass is 19.4. The second-order valence-electron chi connectivity index (χ2n) is 2.78. The van der Waals surface area contributed by atoms with Gasteiger partial charge in [-0.3, -0.25) is 9.59 Å². The molecule has 0 aliphatic rings. The van der Waals surface area contributed by atoms with Crippen molar-refractivity contribution in [3.05, 3.63) is 33.2 Å². The first-order valence-electron chi connectivity index (χ1n) is 3.85. The zero-order valence-corrected chi connectivity index (χ0v) is 7.44. The summed E-state index contributed by atoms with van der Waals surface area (Å²) in [5.74, 6) is 0. The molecule has 0 atom stereocenters. The number of aldehydes is 1. The Morgan fingerprint density at radius 2 is 1.88 bits per heavy atom. The number of aromatic amines is 1. The molecule has 0 spiro atoms. The van der Waals surface area contributed by atoms with Crippen molar-refractivity contribution in [3.63, 3.8) is 0 Å². The van der Waals surface area contributed by atoms with Crippen LogP contribution in [0, 0.1) is 0 Å². The third-order valence-corrected chi connectivity index (χ3v) is 1.78. The first kappa shape index (κ1) is 12.3. The number of carbonyl (C=O) groups is 1. The van der Waals surface area contributed by atoms with E-state index in [1.807, 2.05) is 0 Å². The van der Waals surface area contributed by atoms with Gasteiger partial charge < -0.3 is 4.98 Å². The molecule has 1 rings (SSSR count). The van der Waals surface area contributed by atoms with Crippen LogP contribution in [0.25, 0.3) is 0 Å². The minimum atomic E-state index is -5.10. The fraction of sp³-hybridized carbons (Fsp3) is 0.250. The van der Waals surface area contributed by atoms with Crippen molar-refractivity contribution in [2.45, 2.75) is 12.6 Å². The fourth-order valence-electron chi connectivity index (χ4n) is 1.09. The Labute approximate surface area is 84.9 Å². The summed E-state index contributed by atoms with van der Waals surface area (Å²) in [5, 5.41) is 0. The van der Waals surface area contributed by atoms with E-state index >= 15 is 0 Å². The van der Waals surface area contributed by atoms with E-state index < -0.39 is 34.9 Å². The smallest absolute Gasteiger partial charge is 0.356 e. The number of carbonyl (C=O) groups excluding carboxylic acids is 1. The summed E-state index contributed by atoms with van der Waals surface area (Å²) in [6.45, 7) is 0. The Balaban J connectivity index is 3.60. The van der Waals surface area contributed by atoms with Crippen molar-refractivity contribution in [2.24, 2.45) is 0 Å². The predicted molar refractivity (Wildman–Crippen MR) is 42.4 cm³/mol. The molecule has 0 saturated heterocycles. The van der Waals surface area contributed by atoms with Crippen LogP contribution in [0.15, 0.2) is 11.0 Å². The number of hydrogen-bond acceptors (Lipinski definition) is 2. The van der Waals surface area contributed by atoms with Gasteiger partial charge in [-0.15, -0.1) is 0 Å². The number of aromatic nitrogens is 1. The highest BCUT2D eigenvalue weighted by molar-refractivity contribution is 5.74. The molecule has 0 aliphatic carbocycles. The Bertz CT molecular complexity index is 462. The Morgan fingerprint density at radius 1 is 1.31 bits per heavy atom. The maximum atomic E-state index is 12.3. The number of hydrogen-bond donors (Lipinski definition) is 1. The first-order chi connectivity index (χ1) is 7.29. The van der Waals surface area contributed by atoms with Gasteiger partial charge in [-0.25, -0.2) is 8.78 Å². The van der Waals surface area contributed by atoms with E-state index in [1.54, 1.807) is 0 Å². The Kier molecular flexibility index (Phi) is 3.11. The average Bonchev–Trinajstić information content (AvgIpc) is 2.15. The average molecular weight is 241 g/mol. The standard InChI is InChI=1S/C8H4F5NO2/c9-7(10)4-5(16)3(2-15)1-14-6(4)8(11,12)13/h1-2,7H,(H,14,16). The van der Waals surface area contributed by atoms with Crippen molar-refractivity contribution >= 4 is 6.29 Å². The fourth-order valence-corrected chi connectivity index (χ4v) is 1.09. The molecule has 0 fully saturated rings. The van der Waals surface area contributed by atoms with Gasteiger partial charge in [-0.05, 0) is 0 Å². The summed E-state index contributed by atoms with van der Waals surface area (Å²) in [5.41, 5.74) is -5.96. The number of rotatable bonds is 2. The van der Waals surface area contributed by atoms with Crippen molar-refractivity contribution < 1.29 is 26.7 Å². The zero-order valence-electron chi connectivity index (χ0n) is 7.44. The summed E-state index contributed by atoms with van der Waals surface area (Å²) < 4.78 is 61.3. The normalized spacial score (nSPS) is 11.9.